The molecule has 0 unspecified atom stereocenters. The summed E-state index contributed by atoms with van der Waals surface area (Å²) in [5, 5.41) is 32.9. The molecule has 4 N–H and O–H groups in total. The summed E-state index contributed by atoms with van der Waals surface area (Å²) in [7, 11) is 0. The SMILES string of the molecule is NCCCC[C@H](NC(=O)c1cc([N+](=O)[O-])cc([N+](=O)[O-])c1)C(=O)O. The topological polar surface area (TPSA) is 179 Å². The fourth-order valence-electron chi connectivity index (χ4n) is 1.93. The monoisotopic (exact) mass is 340 g/mol. The van der Waals surface area contributed by atoms with Crippen LogP contribution in [0.2, 0.25) is 0 Å². The number of carboxylic acids is 1. The van der Waals surface area contributed by atoms with Crippen molar-refractivity contribution in [1.82, 2.24) is 5.32 Å². The molecule has 0 spiro atoms. The zero-order valence-electron chi connectivity index (χ0n) is 12.5. The number of hydrogen-bond acceptors (Lipinski definition) is 7. The highest BCUT2D eigenvalue weighted by Crippen LogP contribution is 2.22. The van der Waals surface area contributed by atoms with Gasteiger partial charge in [-0.3, -0.25) is 25.0 Å². The van der Waals surface area contributed by atoms with E-state index in [1.807, 2.05) is 0 Å². The number of rotatable bonds is 9. The van der Waals surface area contributed by atoms with Crippen LogP contribution in [0.1, 0.15) is 29.6 Å². The van der Waals surface area contributed by atoms with E-state index in [0.717, 1.165) is 12.1 Å². The Morgan fingerprint density at radius 2 is 1.67 bits per heavy atom. The average Bonchev–Trinajstić information content (AvgIpc) is 2.53. The summed E-state index contributed by atoms with van der Waals surface area (Å²) in [5.41, 5.74) is 3.68. The molecule has 0 aliphatic heterocycles. The second-order valence-corrected chi connectivity index (χ2v) is 4.90. The number of hydrogen-bond donors (Lipinski definition) is 3. The summed E-state index contributed by atoms with van der Waals surface area (Å²) in [6.45, 7) is 0.372. The smallest absolute Gasteiger partial charge is 0.326 e. The van der Waals surface area contributed by atoms with Gasteiger partial charge in [0.15, 0.2) is 0 Å². The zero-order chi connectivity index (χ0) is 18.3. The molecule has 24 heavy (non-hydrogen) atoms. The lowest BCUT2D eigenvalue weighted by atomic mass is 10.1. The Balaban J connectivity index is 3.01. The molecule has 0 bridgehead atoms. The summed E-state index contributed by atoms with van der Waals surface area (Å²) in [4.78, 5) is 43.1. The van der Waals surface area contributed by atoms with Gasteiger partial charge in [0.1, 0.15) is 6.04 Å². The van der Waals surface area contributed by atoms with Gasteiger partial charge in [0.25, 0.3) is 17.3 Å². The average molecular weight is 340 g/mol. The van der Waals surface area contributed by atoms with Gasteiger partial charge in [-0.2, -0.15) is 0 Å². The molecule has 0 aliphatic carbocycles. The van der Waals surface area contributed by atoms with Crippen LogP contribution in [0.25, 0.3) is 0 Å². The van der Waals surface area contributed by atoms with Gasteiger partial charge in [0.2, 0.25) is 0 Å². The van der Waals surface area contributed by atoms with Crippen molar-refractivity contribution < 1.29 is 24.5 Å². The Morgan fingerprint density at radius 1 is 1.12 bits per heavy atom. The van der Waals surface area contributed by atoms with E-state index in [0.29, 0.717) is 25.5 Å². The van der Waals surface area contributed by atoms with Gasteiger partial charge in [0, 0.05) is 12.1 Å². The van der Waals surface area contributed by atoms with Crippen molar-refractivity contribution in [3.63, 3.8) is 0 Å². The Labute approximate surface area is 135 Å². The molecule has 1 aromatic carbocycles. The van der Waals surface area contributed by atoms with Crippen LogP contribution < -0.4 is 11.1 Å². The Kier molecular flexibility index (Phi) is 6.74. The molecule has 0 saturated heterocycles. The first kappa shape index (κ1) is 19.0. The lowest BCUT2D eigenvalue weighted by Gasteiger charge is -2.14. The first-order valence-corrected chi connectivity index (χ1v) is 6.94. The van der Waals surface area contributed by atoms with Gasteiger partial charge in [-0.25, -0.2) is 4.79 Å². The van der Waals surface area contributed by atoms with E-state index in [1.54, 1.807) is 0 Å². The molecule has 0 fully saturated rings. The van der Waals surface area contributed by atoms with E-state index in [2.05, 4.69) is 5.32 Å². The first-order valence-electron chi connectivity index (χ1n) is 6.94. The van der Waals surface area contributed by atoms with Crippen LogP contribution >= 0.6 is 0 Å². The van der Waals surface area contributed by atoms with Crippen LogP contribution in [0.15, 0.2) is 18.2 Å². The van der Waals surface area contributed by atoms with Gasteiger partial charge < -0.3 is 16.2 Å². The number of unbranched alkanes of at least 4 members (excludes halogenated alkanes) is 1. The molecular weight excluding hydrogens is 324 g/mol. The normalized spacial score (nSPS) is 11.5. The molecular formula is C13H16N4O7. The van der Waals surface area contributed by atoms with E-state index in [4.69, 9.17) is 10.8 Å². The Bertz CT molecular complexity index is 629. The number of nitrogens with two attached hydrogens (primary N) is 1. The molecule has 0 radical (unpaired) electrons. The van der Waals surface area contributed by atoms with Crippen molar-refractivity contribution in [2.45, 2.75) is 25.3 Å². The van der Waals surface area contributed by atoms with E-state index in [1.165, 1.54) is 0 Å². The fourth-order valence-corrected chi connectivity index (χ4v) is 1.93. The van der Waals surface area contributed by atoms with Crippen molar-refractivity contribution in [3.05, 3.63) is 44.0 Å². The molecule has 0 heterocycles. The van der Waals surface area contributed by atoms with Crippen LogP contribution in [0.3, 0.4) is 0 Å². The third-order valence-corrected chi connectivity index (χ3v) is 3.14. The van der Waals surface area contributed by atoms with E-state index in [9.17, 15) is 29.8 Å². The summed E-state index contributed by atoms with van der Waals surface area (Å²) >= 11 is 0. The minimum Gasteiger partial charge on any atom is -0.480 e. The van der Waals surface area contributed by atoms with E-state index in [-0.39, 0.29) is 12.0 Å². The maximum Gasteiger partial charge on any atom is 0.326 e. The third kappa shape index (κ3) is 5.28. The number of nitrogens with zero attached hydrogens (tertiary/aromatic N) is 2. The number of nitro groups is 2. The summed E-state index contributed by atoms with van der Waals surface area (Å²) < 4.78 is 0. The van der Waals surface area contributed by atoms with Crippen molar-refractivity contribution in [2.75, 3.05) is 6.54 Å². The standard InChI is InChI=1S/C13H16N4O7/c14-4-2-1-3-11(13(19)20)15-12(18)8-5-9(16(21)22)7-10(6-8)17(23)24/h5-7,11H,1-4,14H2,(H,15,18)(H,19,20)/t11-/m0/s1. The molecule has 0 aliphatic rings. The van der Waals surface area contributed by atoms with Crippen molar-refractivity contribution in [1.29, 1.82) is 0 Å². The van der Waals surface area contributed by atoms with Crippen molar-refractivity contribution in [3.8, 4) is 0 Å². The fraction of sp³-hybridized carbons (Fsp3) is 0.385. The Morgan fingerprint density at radius 3 is 2.08 bits per heavy atom. The molecule has 130 valence electrons. The highest BCUT2D eigenvalue weighted by molar-refractivity contribution is 5.97. The van der Waals surface area contributed by atoms with E-state index >= 15 is 0 Å². The second-order valence-electron chi connectivity index (χ2n) is 4.90. The number of nitrogens with one attached hydrogen (secondary N) is 1. The molecule has 0 aromatic heterocycles. The molecule has 1 rings (SSSR count). The van der Waals surface area contributed by atoms with Crippen LogP contribution in [-0.4, -0.2) is 39.4 Å². The highest BCUT2D eigenvalue weighted by Gasteiger charge is 2.24. The molecule has 1 aromatic rings. The lowest BCUT2D eigenvalue weighted by Crippen LogP contribution is -2.40. The minimum absolute atomic E-state index is 0.120. The predicted octanol–water partition coefficient (Wildman–Crippen LogP) is 0.815. The molecule has 0 saturated carbocycles. The number of non-ortho nitro benzene ring substituents is 2. The van der Waals surface area contributed by atoms with Crippen LogP contribution in [-0.2, 0) is 4.79 Å². The second kappa shape index (κ2) is 8.53. The van der Waals surface area contributed by atoms with Crippen LogP contribution in [0, 0.1) is 20.2 Å². The molecule has 1 amide bonds. The van der Waals surface area contributed by atoms with Crippen LogP contribution in [0.4, 0.5) is 11.4 Å². The number of benzene rings is 1. The number of carbonyl (C=O) groups is 2. The molecule has 1 atom stereocenters. The first-order chi connectivity index (χ1) is 11.3. The largest absolute Gasteiger partial charge is 0.480 e. The number of nitro benzene ring substituents is 2. The third-order valence-electron chi connectivity index (χ3n) is 3.14. The van der Waals surface area contributed by atoms with Crippen molar-refractivity contribution in [2.24, 2.45) is 5.73 Å². The van der Waals surface area contributed by atoms with Gasteiger partial charge in [0.05, 0.1) is 21.5 Å². The van der Waals surface area contributed by atoms with Crippen LogP contribution in [0.5, 0.6) is 0 Å². The van der Waals surface area contributed by atoms with Crippen molar-refractivity contribution >= 4 is 23.3 Å². The summed E-state index contributed by atoms with van der Waals surface area (Å²) in [6.07, 6.45) is 1.15. The quantitative estimate of drug-likeness (QED) is 0.335. The van der Waals surface area contributed by atoms with Gasteiger partial charge >= 0.3 is 5.97 Å². The van der Waals surface area contributed by atoms with Gasteiger partial charge in [-0.05, 0) is 25.8 Å². The maximum atomic E-state index is 12.1. The number of aliphatic carboxylic acids is 1. The molecule has 11 heteroatoms. The lowest BCUT2D eigenvalue weighted by molar-refractivity contribution is -0.394. The Hall–Kier alpha value is -3.08. The number of amides is 1. The van der Waals surface area contributed by atoms with E-state index < -0.39 is 39.1 Å². The summed E-state index contributed by atoms with van der Waals surface area (Å²) in [5.74, 6) is -2.22. The minimum atomic E-state index is -1.28. The maximum absolute atomic E-state index is 12.1. The van der Waals surface area contributed by atoms with Gasteiger partial charge in [-0.15, -0.1) is 0 Å². The predicted molar refractivity (Wildman–Crippen MR) is 81.5 cm³/mol. The number of carboxylic acid groups (broad SMARTS) is 1. The highest BCUT2D eigenvalue weighted by atomic mass is 16.6. The summed E-state index contributed by atoms with van der Waals surface area (Å²) in [6, 6.07) is 1.19. The number of carbonyl (C=O) groups excluding carboxylic acids is 1. The zero-order valence-corrected chi connectivity index (χ0v) is 12.5. The molecule has 11 nitrogen and oxygen atoms in total. The van der Waals surface area contributed by atoms with Gasteiger partial charge in [-0.1, -0.05) is 0 Å².